The molecule has 0 aliphatic carbocycles. The molecular weight excluding hydrogens is 620 g/mol. The summed E-state index contributed by atoms with van der Waals surface area (Å²) in [5.41, 5.74) is 8.87. The first-order valence-corrected chi connectivity index (χ1v) is 17.5. The lowest BCUT2D eigenvalue weighted by atomic mass is 9.81. The highest BCUT2D eigenvalue weighted by molar-refractivity contribution is 6.13. The number of rotatable bonds is 6. The van der Waals surface area contributed by atoms with Gasteiger partial charge in [0.15, 0.2) is 0 Å². The van der Waals surface area contributed by atoms with Crippen molar-refractivity contribution < 1.29 is 29.0 Å². The third-order valence-electron chi connectivity index (χ3n) is 11.0. The minimum Gasteiger partial charge on any atom is -0.478 e. The average molecular weight is 658 g/mol. The van der Waals surface area contributed by atoms with Crippen molar-refractivity contribution >= 4 is 35.0 Å². The minimum atomic E-state index is -1.12. The van der Waals surface area contributed by atoms with E-state index in [9.17, 15) is 24.3 Å². The molecule has 2 N–H and O–H groups in total. The standard InChI is InChI=1S/C39H36N4O6/c44-31-11-12-32(45)43(31)18-13-40-38(46)24-9-10-25(28(21-24)39(47)48)33-29-19-22-5-1-14-41-16-3-7-26(34(22)41)36(29)49-37-27-8-4-17-42-15-2-6-23(35(27)42)20-30(33)37/h9-12,19-21H,1-8,13-18H2,(H-,40,46,47,48)/p+1. The highest BCUT2D eigenvalue weighted by atomic mass is 16.5. The number of imide groups is 1. The smallest absolute Gasteiger partial charge is 0.336 e. The maximum Gasteiger partial charge on any atom is 0.336 e. The third-order valence-corrected chi connectivity index (χ3v) is 11.0. The van der Waals surface area contributed by atoms with E-state index in [4.69, 9.17) is 4.74 Å². The zero-order valence-electron chi connectivity index (χ0n) is 27.3. The van der Waals surface area contributed by atoms with Gasteiger partial charge in [-0.05, 0) is 73.9 Å². The lowest BCUT2D eigenvalue weighted by Gasteiger charge is -2.39. The molecule has 3 amide bonds. The molecular formula is C39H37N4O6+. The van der Waals surface area contributed by atoms with Crippen molar-refractivity contribution in [1.82, 2.24) is 14.8 Å². The molecule has 49 heavy (non-hydrogen) atoms. The normalized spacial score (nSPS) is 18.4. The van der Waals surface area contributed by atoms with Crippen LogP contribution in [-0.2, 0) is 35.3 Å². The Kier molecular flexibility index (Phi) is 6.96. The molecule has 0 saturated carbocycles. The number of fused-ring (bicyclic) bond motifs is 4. The zero-order chi connectivity index (χ0) is 33.4. The quantitative estimate of drug-likeness (QED) is 0.242. The zero-order valence-corrected chi connectivity index (χ0v) is 27.3. The van der Waals surface area contributed by atoms with E-state index in [0.717, 1.165) is 110 Å². The molecule has 0 atom stereocenters. The summed E-state index contributed by atoms with van der Waals surface area (Å²) in [6, 6.07) is 9.35. The molecule has 6 aliphatic rings. The summed E-state index contributed by atoms with van der Waals surface area (Å²) >= 11 is 0. The van der Waals surface area contributed by atoms with Crippen molar-refractivity contribution in [3.63, 3.8) is 0 Å². The Morgan fingerprint density at radius 3 is 2.37 bits per heavy atom. The summed E-state index contributed by atoms with van der Waals surface area (Å²) in [6.45, 7) is 4.22. The Hall–Kier alpha value is -5.25. The van der Waals surface area contributed by atoms with E-state index in [0.29, 0.717) is 5.56 Å². The van der Waals surface area contributed by atoms with E-state index < -0.39 is 23.7 Å². The van der Waals surface area contributed by atoms with Gasteiger partial charge in [-0.15, -0.1) is 0 Å². The van der Waals surface area contributed by atoms with Gasteiger partial charge in [-0.2, -0.15) is 0 Å². The van der Waals surface area contributed by atoms with E-state index >= 15 is 0 Å². The number of carbonyl (C=O) groups is 4. The molecule has 9 rings (SSSR count). The maximum absolute atomic E-state index is 13.3. The summed E-state index contributed by atoms with van der Waals surface area (Å²) in [4.78, 5) is 53.7. The first kappa shape index (κ1) is 29.9. The van der Waals surface area contributed by atoms with Gasteiger partial charge < -0.3 is 20.1 Å². The van der Waals surface area contributed by atoms with E-state index in [1.807, 2.05) is 0 Å². The van der Waals surface area contributed by atoms with Crippen molar-refractivity contribution in [1.29, 1.82) is 0 Å². The number of nitrogens with one attached hydrogen (secondary N) is 1. The van der Waals surface area contributed by atoms with Gasteiger partial charge in [0.2, 0.25) is 5.36 Å². The van der Waals surface area contributed by atoms with Crippen molar-refractivity contribution in [2.75, 3.05) is 44.2 Å². The molecule has 248 valence electrons. The third kappa shape index (κ3) is 4.71. The molecule has 0 spiro atoms. The van der Waals surface area contributed by atoms with Crippen LogP contribution in [0.25, 0.3) is 5.57 Å². The molecule has 6 aliphatic heterocycles. The molecule has 3 aromatic rings. The fourth-order valence-corrected chi connectivity index (χ4v) is 8.92. The fraction of sp³-hybridized carbons (Fsp3) is 0.359. The predicted molar refractivity (Wildman–Crippen MR) is 182 cm³/mol. The number of aryl methyl sites for hydroxylation is 2. The molecule has 0 aromatic heterocycles. The summed E-state index contributed by atoms with van der Waals surface area (Å²) in [5.74, 6) is -0.751. The highest BCUT2D eigenvalue weighted by Crippen LogP contribution is 2.48. The van der Waals surface area contributed by atoms with Crippen molar-refractivity contribution in [2.45, 2.75) is 51.4 Å². The van der Waals surface area contributed by atoms with Crippen LogP contribution >= 0.6 is 0 Å². The van der Waals surface area contributed by atoms with Gasteiger partial charge in [0.1, 0.15) is 24.6 Å². The molecule has 0 saturated heterocycles. The van der Waals surface area contributed by atoms with Crippen LogP contribution in [0.15, 0.2) is 42.5 Å². The van der Waals surface area contributed by atoms with E-state index in [-0.39, 0.29) is 24.2 Å². The predicted octanol–water partition coefficient (Wildman–Crippen LogP) is 2.47. The summed E-state index contributed by atoms with van der Waals surface area (Å²) < 4.78 is 9.59. The van der Waals surface area contributed by atoms with Crippen LogP contribution in [0.5, 0.6) is 11.5 Å². The first-order valence-electron chi connectivity index (χ1n) is 17.5. The van der Waals surface area contributed by atoms with Gasteiger partial charge in [0, 0.05) is 89.9 Å². The number of carboxylic acids is 1. The molecule has 10 nitrogen and oxygen atoms in total. The number of carbonyl (C=O) groups excluding carboxylic acids is 3. The topological polar surface area (TPSA) is 119 Å². The minimum absolute atomic E-state index is 0.0277. The second-order valence-electron chi connectivity index (χ2n) is 13.8. The first-order chi connectivity index (χ1) is 23.9. The summed E-state index contributed by atoms with van der Waals surface area (Å²) in [5, 5.41) is 15.6. The van der Waals surface area contributed by atoms with Crippen LogP contribution in [0.3, 0.4) is 0 Å². The Morgan fingerprint density at radius 2 is 1.57 bits per heavy atom. The fourth-order valence-electron chi connectivity index (χ4n) is 8.92. The lowest BCUT2D eigenvalue weighted by molar-refractivity contribution is -0.136. The second-order valence-corrected chi connectivity index (χ2v) is 13.8. The van der Waals surface area contributed by atoms with Crippen molar-refractivity contribution in [3.8, 4) is 11.5 Å². The number of benzene rings is 3. The molecule has 0 radical (unpaired) electrons. The summed E-state index contributed by atoms with van der Waals surface area (Å²) in [7, 11) is 0. The number of hydrogen-bond acceptors (Lipinski definition) is 6. The Balaban J connectivity index is 1.21. The van der Waals surface area contributed by atoms with E-state index in [1.54, 1.807) is 12.1 Å². The number of aromatic carboxylic acids is 1. The second kappa shape index (κ2) is 11.4. The van der Waals surface area contributed by atoms with Crippen molar-refractivity contribution in [2.24, 2.45) is 0 Å². The van der Waals surface area contributed by atoms with Crippen LogP contribution in [0.4, 0.5) is 5.69 Å². The molecule has 3 aromatic carbocycles. The Morgan fingerprint density at radius 1 is 0.837 bits per heavy atom. The van der Waals surface area contributed by atoms with Crippen molar-refractivity contribution in [3.05, 3.63) is 97.6 Å². The number of ether oxygens (including phenoxy) is 1. The molecule has 0 bridgehead atoms. The number of anilines is 1. The monoisotopic (exact) mass is 657 g/mol. The van der Waals surface area contributed by atoms with Crippen LogP contribution in [-0.4, -0.2) is 73.0 Å². The van der Waals surface area contributed by atoms with E-state index in [2.05, 4.69) is 26.9 Å². The number of carboxylic acid groups (broad SMARTS) is 1. The SMILES string of the molecule is O=C(NCCN1C(=O)C=CC1=O)c1ccc(C2=c3cc4c5c(c3Oc3c2cc2c6c3CCCN6CCC2)CCC[N+]=5CCC4)c(C(=O)O)c1. The lowest BCUT2D eigenvalue weighted by Crippen LogP contribution is -2.45. The molecule has 6 heterocycles. The van der Waals surface area contributed by atoms with Gasteiger partial charge in [0.25, 0.3) is 17.7 Å². The van der Waals surface area contributed by atoms with Gasteiger partial charge in [-0.1, -0.05) is 6.07 Å². The average Bonchev–Trinajstić information content (AvgIpc) is 3.43. The Labute approximate surface area is 283 Å². The molecule has 10 heteroatoms. The number of hydrogen-bond donors (Lipinski definition) is 2. The van der Waals surface area contributed by atoms with Gasteiger partial charge in [-0.3, -0.25) is 19.3 Å². The van der Waals surface area contributed by atoms with E-state index in [1.165, 1.54) is 51.5 Å². The highest BCUT2D eigenvalue weighted by Gasteiger charge is 2.36. The van der Waals surface area contributed by atoms with Crippen LogP contribution in [0, 0.1) is 0 Å². The van der Waals surface area contributed by atoms with Crippen LogP contribution in [0.2, 0.25) is 0 Å². The largest absolute Gasteiger partial charge is 0.478 e. The van der Waals surface area contributed by atoms with Gasteiger partial charge in [-0.25, -0.2) is 9.37 Å². The number of amides is 3. The van der Waals surface area contributed by atoms with Crippen LogP contribution in [0.1, 0.15) is 79.8 Å². The van der Waals surface area contributed by atoms with Crippen LogP contribution < -0.4 is 30.1 Å². The molecule has 0 unspecified atom stereocenters. The molecule has 0 fully saturated rings. The Bertz CT molecular complexity index is 2180. The van der Waals surface area contributed by atoms with Gasteiger partial charge >= 0.3 is 5.97 Å². The van der Waals surface area contributed by atoms with Gasteiger partial charge in [0.05, 0.1) is 11.1 Å². The number of nitrogens with zero attached hydrogens (tertiary/aromatic N) is 3. The summed E-state index contributed by atoms with van der Waals surface area (Å²) in [6.07, 6.45) is 10.4. The maximum atomic E-state index is 13.3.